The Kier molecular flexibility index (Phi) is 2.96. The maximum atomic E-state index is 13.7. The fourth-order valence-corrected chi connectivity index (χ4v) is 2.61. The molecule has 0 saturated heterocycles. The number of benzene rings is 2. The van der Waals surface area contributed by atoms with Gasteiger partial charge in [0.2, 0.25) is 0 Å². The Labute approximate surface area is 111 Å². The summed E-state index contributed by atoms with van der Waals surface area (Å²) in [5, 5.41) is 3.87. The summed E-state index contributed by atoms with van der Waals surface area (Å²) >= 11 is 5.75. The molecule has 1 N–H and O–H groups in total. The molecule has 1 heterocycles. The van der Waals surface area contributed by atoms with Gasteiger partial charge in [0.25, 0.3) is 0 Å². The van der Waals surface area contributed by atoms with E-state index in [9.17, 15) is 4.39 Å². The van der Waals surface area contributed by atoms with E-state index in [1.807, 2.05) is 12.1 Å². The van der Waals surface area contributed by atoms with E-state index in [0.29, 0.717) is 17.0 Å². The highest BCUT2D eigenvalue weighted by Crippen LogP contribution is 2.27. The van der Waals surface area contributed by atoms with Crippen molar-refractivity contribution in [1.82, 2.24) is 0 Å². The summed E-state index contributed by atoms with van der Waals surface area (Å²) < 4.78 is 13.7. The standard InChI is InChI=1S/C15H13ClFN/c16-12-6-5-10(14(17)9-12)7-13-8-11-3-1-2-4-15(11)18-13/h1-6,9,13,18H,7-8H2. The van der Waals surface area contributed by atoms with Crippen molar-refractivity contribution in [2.24, 2.45) is 0 Å². The minimum absolute atomic E-state index is 0.222. The van der Waals surface area contributed by atoms with Crippen LogP contribution in [0.1, 0.15) is 11.1 Å². The number of halogens is 2. The van der Waals surface area contributed by atoms with Crippen molar-refractivity contribution in [2.75, 3.05) is 5.32 Å². The highest BCUT2D eigenvalue weighted by molar-refractivity contribution is 6.30. The van der Waals surface area contributed by atoms with Crippen LogP contribution in [0.15, 0.2) is 42.5 Å². The first-order valence-corrected chi connectivity index (χ1v) is 6.38. The first-order valence-electron chi connectivity index (χ1n) is 6.01. The van der Waals surface area contributed by atoms with Crippen LogP contribution in [-0.4, -0.2) is 6.04 Å². The van der Waals surface area contributed by atoms with E-state index in [2.05, 4.69) is 17.4 Å². The van der Waals surface area contributed by atoms with Gasteiger partial charge in [0.1, 0.15) is 5.82 Å². The average molecular weight is 262 g/mol. The minimum Gasteiger partial charge on any atom is -0.381 e. The van der Waals surface area contributed by atoms with Crippen LogP contribution in [0.3, 0.4) is 0 Å². The van der Waals surface area contributed by atoms with Gasteiger partial charge in [-0.15, -0.1) is 0 Å². The van der Waals surface area contributed by atoms with Crippen LogP contribution in [0.5, 0.6) is 0 Å². The van der Waals surface area contributed by atoms with Gasteiger partial charge >= 0.3 is 0 Å². The summed E-state index contributed by atoms with van der Waals surface area (Å²) in [4.78, 5) is 0. The number of anilines is 1. The molecule has 1 atom stereocenters. The summed E-state index contributed by atoms with van der Waals surface area (Å²) in [7, 11) is 0. The SMILES string of the molecule is Fc1cc(Cl)ccc1CC1Cc2ccccc2N1. The van der Waals surface area contributed by atoms with Crippen molar-refractivity contribution < 1.29 is 4.39 Å². The van der Waals surface area contributed by atoms with Gasteiger partial charge in [-0.05, 0) is 42.2 Å². The third-order valence-corrected chi connectivity index (χ3v) is 3.56. The normalized spacial score (nSPS) is 17.3. The Bertz CT molecular complexity index is 557. The summed E-state index contributed by atoms with van der Waals surface area (Å²) in [5.74, 6) is -0.222. The van der Waals surface area contributed by atoms with Gasteiger partial charge < -0.3 is 5.32 Å². The molecule has 1 aliphatic heterocycles. The van der Waals surface area contributed by atoms with Crippen LogP contribution in [0.4, 0.5) is 10.1 Å². The van der Waals surface area contributed by atoms with Gasteiger partial charge in [0, 0.05) is 16.8 Å². The zero-order chi connectivity index (χ0) is 12.5. The van der Waals surface area contributed by atoms with Crippen molar-refractivity contribution in [1.29, 1.82) is 0 Å². The minimum atomic E-state index is -0.222. The van der Waals surface area contributed by atoms with Crippen molar-refractivity contribution in [2.45, 2.75) is 18.9 Å². The smallest absolute Gasteiger partial charge is 0.127 e. The second-order valence-electron chi connectivity index (χ2n) is 4.64. The number of rotatable bonds is 2. The third kappa shape index (κ3) is 2.21. The molecule has 2 aromatic rings. The molecule has 0 fully saturated rings. The fraction of sp³-hybridized carbons (Fsp3) is 0.200. The highest BCUT2D eigenvalue weighted by atomic mass is 35.5. The lowest BCUT2D eigenvalue weighted by atomic mass is 10.0. The summed E-state index contributed by atoms with van der Waals surface area (Å²) in [6.07, 6.45) is 1.62. The van der Waals surface area contributed by atoms with Crippen LogP contribution >= 0.6 is 11.6 Å². The van der Waals surface area contributed by atoms with Gasteiger partial charge in [-0.3, -0.25) is 0 Å². The fourth-order valence-electron chi connectivity index (χ4n) is 2.45. The van der Waals surface area contributed by atoms with E-state index in [1.165, 1.54) is 11.6 Å². The molecule has 18 heavy (non-hydrogen) atoms. The number of nitrogens with one attached hydrogen (secondary N) is 1. The zero-order valence-electron chi connectivity index (χ0n) is 9.79. The Morgan fingerprint density at radius 3 is 2.83 bits per heavy atom. The quantitative estimate of drug-likeness (QED) is 0.860. The van der Waals surface area contributed by atoms with Crippen LogP contribution in [-0.2, 0) is 12.8 Å². The van der Waals surface area contributed by atoms with Crippen LogP contribution < -0.4 is 5.32 Å². The molecular formula is C15H13ClFN. The summed E-state index contributed by atoms with van der Waals surface area (Å²) in [5.41, 5.74) is 3.18. The number of hydrogen-bond acceptors (Lipinski definition) is 1. The van der Waals surface area contributed by atoms with Crippen LogP contribution in [0.25, 0.3) is 0 Å². The number of para-hydroxylation sites is 1. The predicted molar refractivity (Wildman–Crippen MR) is 72.7 cm³/mol. The first-order chi connectivity index (χ1) is 8.72. The molecular weight excluding hydrogens is 249 g/mol. The Hall–Kier alpha value is -1.54. The van der Waals surface area contributed by atoms with Crippen molar-refractivity contribution in [3.63, 3.8) is 0 Å². The Morgan fingerprint density at radius 1 is 1.22 bits per heavy atom. The molecule has 1 nitrogen and oxygen atoms in total. The van der Waals surface area contributed by atoms with Crippen molar-refractivity contribution >= 4 is 17.3 Å². The average Bonchev–Trinajstić information content (AvgIpc) is 2.75. The molecule has 3 heteroatoms. The zero-order valence-corrected chi connectivity index (χ0v) is 10.5. The molecule has 0 bridgehead atoms. The molecule has 0 aliphatic carbocycles. The van der Waals surface area contributed by atoms with Gasteiger partial charge in [0.05, 0.1) is 0 Å². The molecule has 1 unspecified atom stereocenters. The molecule has 0 saturated carbocycles. The van der Waals surface area contributed by atoms with E-state index in [-0.39, 0.29) is 11.9 Å². The van der Waals surface area contributed by atoms with E-state index in [0.717, 1.165) is 12.1 Å². The highest BCUT2D eigenvalue weighted by Gasteiger charge is 2.21. The molecule has 0 spiro atoms. The van der Waals surface area contributed by atoms with Crippen LogP contribution in [0.2, 0.25) is 5.02 Å². The summed E-state index contributed by atoms with van der Waals surface area (Å²) in [6, 6.07) is 13.4. The first kappa shape index (κ1) is 11.5. The van der Waals surface area contributed by atoms with Crippen molar-refractivity contribution in [3.8, 4) is 0 Å². The second-order valence-corrected chi connectivity index (χ2v) is 5.08. The molecule has 92 valence electrons. The number of hydrogen-bond donors (Lipinski definition) is 1. The molecule has 0 aromatic heterocycles. The molecule has 1 aliphatic rings. The van der Waals surface area contributed by atoms with E-state index in [4.69, 9.17) is 11.6 Å². The molecule has 0 amide bonds. The molecule has 0 radical (unpaired) electrons. The monoisotopic (exact) mass is 261 g/mol. The maximum absolute atomic E-state index is 13.7. The third-order valence-electron chi connectivity index (χ3n) is 3.32. The van der Waals surface area contributed by atoms with Gasteiger partial charge in [-0.1, -0.05) is 35.9 Å². The van der Waals surface area contributed by atoms with Gasteiger partial charge in [-0.2, -0.15) is 0 Å². The van der Waals surface area contributed by atoms with Crippen molar-refractivity contribution in [3.05, 3.63) is 64.4 Å². The van der Waals surface area contributed by atoms with Gasteiger partial charge in [0.15, 0.2) is 0 Å². The maximum Gasteiger partial charge on any atom is 0.127 e. The lowest BCUT2D eigenvalue weighted by Gasteiger charge is -2.12. The van der Waals surface area contributed by atoms with E-state index in [1.54, 1.807) is 12.1 Å². The predicted octanol–water partition coefficient (Wildman–Crippen LogP) is 4.06. The molecule has 2 aromatic carbocycles. The topological polar surface area (TPSA) is 12.0 Å². The Balaban J connectivity index is 1.76. The number of fused-ring (bicyclic) bond motifs is 1. The van der Waals surface area contributed by atoms with E-state index < -0.39 is 0 Å². The van der Waals surface area contributed by atoms with Crippen LogP contribution in [0, 0.1) is 5.82 Å². The summed E-state index contributed by atoms with van der Waals surface area (Å²) in [6.45, 7) is 0. The second kappa shape index (κ2) is 4.62. The van der Waals surface area contributed by atoms with Gasteiger partial charge in [-0.25, -0.2) is 4.39 Å². The molecule has 3 rings (SSSR count). The lowest BCUT2D eigenvalue weighted by molar-refractivity contribution is 0.598. The largest absolute Gasteiger partial charge is 0.381 e. The Morgan fingerprint density at radius 2 is 2.06 bits per heavy atom. The lowest BCUT2D eigenvalue weighted by Crippen LogP contribution is -2.19. The van der Waals surface area contributed by atoms with E-state index >= 15 is 0 Å².